The first-order chi connectivity index (χ1) is 16.8. The van der Waals surface area contributed by atoms with Crippen LogP contribution < -0.4 is 0 Å². The molecule has 6 nitrogen and oxygen atoms in total. The molecule has 4 rings (SSSR count). The van der Waals surface area contributed by atoms with Gasteiger partial charge in [0.25, 0.3) is 10.1 Å². The Kier molecular flexibility index (Phi) is 7.83. The number of aryl methyl sites for hydroxylation is 1. The lowest BCUT2D eigenvalue weighted by molar-refractivity contribution is 0.0650. The molecule has 1 saturated heterocycles. The normalized spacial score (nSPS) is 18.3. The Balaban J connectivity index is 1.47. The summed E-state index contributed by atoms with van der Waals surface area (Å²) >= 11 is 0. The van der Waals surface area contributed by atoms with Gasteiger partial charge in [-0.2, -0.15) is 8.42 Å². The summed E-state index contributed by atoms with van der Waals surface area (Å²) in [6.07, 6.45) is 0.114. The van der Waals surface area contributed by atoms with Crippen LogP contribution in [0.15, 0.2) is 83.8 Å². The number of benzene rings is 3. The van der Waals surface area contributed by atoms with Crippen LogP contribution in [0.5, 0.6) is 0 Å². The van der Waals surface area contributed by atoms with Crippen LogP contribution in [0.25, 0.3) is 0 Å². The molecule has 3 aromatic carbocycles. The fraction of sp³-hybridized carbons (Fsp3) is 0.296. The van der Waals surface area contributed by atoms with E-state index in [2.05, 4.69) is 0 Å². The van der Waals surface area contributed by atoms with E-state index < -0.39 is 16.2 Å². The first-order valence-electron chi connectivity index (χ1n) is 11.5. The summed E-state index contributed by atoms with van der Waals surface area (Å²) in [6.45, 7) is 2.62. The van der Waals surface area contributed by atoms with E-state index >= 15 is 0 Å². The number of carbonyl (C=O) groups excluding carboxylic acids is 1. The zero-order valence-corrected chi connectivity index (χ0v) is 20.3. The Bertz CT molecular complexity index is 1230. The molecule has 0 unspecified atom stereocenters. The van der Waals surface area contributed by atoms with Crippen LogP contribution in [-0.4, -0.2) is 39.1 Å². The number of hydrogen-bond acceptors (Lipinski definition) is 5. The molecule has 1 heterocycles. The molecule has 8 heteroatoms. The number of rotatable bonds is 7. The number of hydrogen-bond donors (Lipinski definition) is 0. The molecule has 0 N–H and O–H groups in total. The number of likely N-dealkylation sites (tertiary alicyclic amines) is 1. The van der Waals surface area contributed by atoms with E-state index in [-0.39, 0.29) is 42.3 Å². The zero-order chi connectivity index (χ0) is 24.8. The number of amides is 1. The lowest BCUT2D eigenvalue weighted by Gasteiger charge is -2.38. The molecule has 1 fully saturated rings. The predicted octanol–water partition coefficient (Wildman–Crippen LogP) is 5.28. The van der Waals surface area contributed by atoms with Crippen molar-refractivity contribution in [3.05, 3.63) is 101 Å². The molecular formula is C27H28FNO5S. The van der Waals surface area contributed by atoms with Gasteiger partial charge in [0, 0.05) is 19.0 Å². The van der Waals surface area contributed by atoms with E-state index in [1.165, 1.54) is 24.3 Å². The topological polar surface area (TPSA) is 72.9 Å². The fourth-order valence-electron chi connectivity index (χ4n) is 4.28. The maximum Gasteiger partial charge on any atom is 0.410 e. The largest absolute Gasteiger partial charge is 0.445 e. The van der Waals surface area contributed by atoms with Crippen molar-refractivity contribution in [2.24, 2.45) is 5.92 Å². The van der Waals surface area contributed by atoms with E-state index in [1.807, 2.05) is 37.3 Å². The second kappa shape index (κ2) is 11.0. The standard InChI is InChI=1S/C27H28FNO5S/c1-20-7-13-25(14-8-20)35(31,32)34-19-23-17-29(27(30)33-18-21-5-3-2-4-6-21)16-15-26(23)22-9-11-24(28)12-10-22/h2-14,23,26H,15-19H2,1H3/t23-,26-/m0/s1. The van der Waals surface area contributed by atoms with Gasteiger partial charge in [0.2, 0.25) is 0 Å². The van der Waals surface area contributed by atoms with E-state index in [1.54, 1.807) is 29.2 Å². The van der Waals surface area contributed by atoms with Crippen molar-refractivity contribution in [3.63, 3.8) is 0 Å². The molecule has 3 aromatic rings. The molecule has 0 bridgehead atoms. The predicted molar refractivity (Wildman–Crippen MR) is 130 cm³/mol. The average Bonchev–Trinajstić information content (AvgIpc) is 2.87. The van der Waals surface area contributed by atoms with Crippen molar-refractivity contribution in [1.29, 1.82) is 0 Å². The second-order valence-electron chi connectivity index (χ2n) is 8.74. The molecule has 0 saturated carbocycles. The first-order valence-corrected chi connectivity index (χ1v) is 12.9. The Morgan fingerprint density at radius 3 is 2.37 bits per heavy atom. The lowest BCUT2D eigenvalue weighted by Crippen LogP contribution is -2.45. The van der Waals surface area contributed by atoms with E-state index in [9.17, 15) is 17.6 Å². The summed E-state index contributed by atoms with van der Waals surface area (Å²) in [5.74, 6) is -0.758. The molecule has 0 radical (unpaired) electrons. The van der Waals surface area contributed by atoms with Gasteiger partial charge in [0.15, 0.2) is 0 Å². The quantitative estimate of drug-likeness (QED) is 0.415. The van der Waals surface area contributed by atoms with Crippen molar-refractivity contribution in [2.75, 3.05) is 19.7 Å². The SMILES string of the molecule is Cc1ccc(S(=O)(=O)OC[C@@H]2CN(C(=O)OCc3ccccc3)CC[C@H]2c2ccc(F)cc2)cc1. The highest BCUT2D eigenvalue weighted by atomic mass is 32.2. The third kappa shape index (κ3) is 6.46. The summed E-state index contributed by atoms with van der Waals surface area (Å²) in [4.78, 5) is 14.4. The van der Waals surface area contributed by atoms with Crippen LogP contribution in [0, 0.1) is 18.7 Å². The van der Waals surface area contributed by atoms with Gasteiger partial charge in [-0.15, -0.1) is 0 Å². The highest BCUT2D eigenvalue weighted by Gasteiger charge is 2.34. The monoisotopic (exact) mass is 497 g/mol. The third-order valence-electron chi connectivity index (χ3n) is 6.24. The van der Waals surface area contributed by atoms with Crippen LogP contribution in [0.3, 0.4) is 0 Å². The third-order valence-corrected chi connectivity index (χ3v) is 7.54. The molecule has 1 aliphatic rings. The van der Waals surface area contributed by atoms with Gasteiger partial charge in [-0.05, 0) is 54.7 Å². The van der Waals surface area contributed by atoms with Crippen LogP contribution >= 0.6 is 0 Å². The van der Waals surface area contributed by atoms with Gasteiger partial charge < -0.3 is 9.64 Å². The number of piperidine rings is 1. The number of halogens is 1. The van der Waals surface area contributed by atoms with Crippen LogP contribution in [-0.2, 0) is 25.6 Å². The van der Waals surface area contributed by atoms with E-state index in [4.69, 9.17) is 8.92 Å². The Labute approximate surface area is 205 Å². The van der Waals surface area contributed by atoms with Gasteiger partial charge in [-0.3, -0.25) is 4.18 Å². The zero-order valence-electron chi connectivity index (χ0n) is 19.5. The van der Waals surface area contributed by atoms with Crippen molar-refractivity contribution in [1.82, 2.24) is 4.90 Å². The first kappa shape index (κ1) is 24.9. The van der Waals surface area contributed by atoms with E-state index in [0.29, 0.717) is 13.0 Å². The molecule has 184 valence electrons. The lowest BCUT2D eigenvalue weighted by atomic mass is 9.81. The van der Waals surface area contributed by atoms with Gasteiger partial charge in [0.05, 0.1) is 11.5 Å². The molecule has 2 atom stereocenters. The summed E-state index contributed by atoms with van der Waals surface area (Å²) in [6, 6.07) is 22.0. The Morgan fingerprint density at radius 1 is 1.00 bits per heavy atom. The smallest absolute Gasteiger partial charge is 0.410 e. The van der Waals surface area contributed by atoms with Gasteiger partial charge in [-0.25, -0.2) is 9.18 Å². The number of carbonyl (C=O) groups is 1. The summed E-state index contributed by atoms with van der Waals surface area (Å²) in [5.41, 5.74) is 2.70. The van der Waals surface area contributed by atoms with Crippen molar-refractivity contribution >= 4 is 16.2 Å². The maximum atomic E-state index is 13.5. The summed E-state index contributed by atoms with van der Waals surface area (Å²) < 4.78 is 50.0. The van der Waals surface area contributed by atoms with Gasteiger partial charge >= 0.3 is 6.09 Å². The Morgan fingerprint density at radius 2 is 1.69 bits per heavy atom. The molecule has 35 heavy (non-hydrogen) atoms. The van der Waals surface area contributed by atoms with Crippen LogP contribution in [0.2, 0.25) is 0 Å². The Hall–Kier alpha value is -3.23. The number of ether oxygens (including phenoxy) is 1. The second-order valence-corrected chi connectivity index (χ2v) is 10.4. The van der Waals surface area contributed by atoms with Crippen molar-refractivity contribution < 1.29 is 26.5 Å². The highest BCUT2D eigenvalue weighted by molar-refractivity contribution is 7.86. The average molecular weight is 498 g/mol. The highest BCUT2D eigenvalue weighted by Crippen LogP contribution is 2.34. The van der Waals surface area contributed by atoms with Crippen LogP contribution in [0.1, 0.15) is 29.0 Å². The summed E-state index contributed by atoms with van der Waals surface area (Å²) in [5, 5.41) is 0. The number of nitrogens with zero attached hydrogens (tertiary/aromatic N) is 1. The minimum Gasteiger partial charge on any atom is -0.445 e. The van der Waals surface area contributed by atoms with Gasteiger partial charge in [-0.1, -0.05) is 60.2 Å². The minimum absolute atomic E-state index is 0.0800. The maximum absolute atomic E-state index is 13.5. The minimum atomic E-state index is -3.97. The van der Waals surface area contributed by atoms with Crippen molar-refractivity contribution in [2.45, 2.75) is 30.8 Å². The molecule has 0 aliphatic carbocycles. The molecular weight excluding hydrogens is 469 g/mol. The molecule has 0 spiro atoms. The molecule has 1 amide bonds. The van der Waals surface area contributed by atoms with Gasteiger partial charge in [0.1, 0.15) is 12.4 Å². The summed E-state index contributed by atoms with van der Waals surface area (Å²) in [7, 11) is -3.97. The van der Waals surface area contributed by atoms with Crippen LogP contribution in [0.4, 0.5) is 9.18 Å². The molecule has 0 aromatic heterocycles. The fourth-order valence-corrected chi connectivity index (χ4v) is 5.24. The van der Waals surface area contributed by atoms with Crippen molar-refractivity contribution in [3.8, 4) is 0 Å². The molecule has 1 aliphatic heterocycles. The van der Waals surface area contributed by atoms with E-state index in [0.717, 1.165) is 16.7 Å².